The smallest absolute Gasteiger partial charge is 0.263 e. The Kier molecular flexibility index (Phi) is 2.03. The van der Waals surface area contributed by atoms with Crippen molar-refractivity contribution in [2.75, 3.05) is 0 Å². The molecule has 0 amide bonds. The number of hydrogen-bond acceptors (Lipinski definition) is 4. The number of non-ortho nitro benzene ring substituents is 1. The quantitative estimate of drug-likeness (QED) is 0.519. The molecule has 0 radical (unpaired) electrons. The Bertz CT molecular complexity index is 587. The SMILES string of the molecule is N#Cc1cncc2cc([N+](=O)[O-])ccc12. The predicted octanol–water partition coefficient (Wildman–Crippen LogP) is 2.01. The Labute approximate surface area is 84.7 Å². The summed E-state index contributed by atoms with van der Waals surface area (Å²) in [4.78, 5) is 13.9. The predicted molar refractivity (Wildman–Crippen MR) is 53.1 cm³/mol. The Morgan fingerprint density at radius 1 is 1.40 bits per heavy atom. The molecule has 0 fully saturated rings. The van der Waals surface area contributed by atoms with E-state index in [0.717, 1.165) is 0 Å². The van der Waals surface area contributed by atoms with Gasteiger partial charge >= 0.3 is 0 Å². The van der Waals surface area contributed by atoms with E-state index in [4.69, 9.17) is 5.26 Å². The van der Waals surface area contributed by atoms with Crippen LogP contribution in [0.1, 0.15) is 5.56 Å². The van der Waals surface area contributed by atoms with Gasteiger partial charge in [0.2, 0.25) is 0 Å². The van der Waals surface area contributed by atoms with E-state index < -0.39 is 4.92 Å². The van der Waals surface area contributed by atoms with E-state index >= 15 is 0 Å². The van der Waals surface area contributed by atoms with Crippen molar-refractivity contribution in [3.05, 3.63) is 46.3 Å². The number of nitrogens with zero attached hydrogens (tertiary/aromatic N) is 3. The Morgan fingerprint density at radius 3 is 2.87 bits per heavy atom. The van der Waals surface area contributed by atoms with Crippen molar-refractivity contribution in [2.24, 2.45) is 0 Å². The molecule has 1 aromatic heterocycles. The lowest BCUT2D eigenvalue weighted by molar-refractivity contribution is -0.384. The molecule has 0 aliphatic carbocycles. The molecule has 0 unspecified atom stereocenters. The third-order valence-electron chi connectivity index (χ3n) is 2.07. The topological polar surface area (TPSA) is 79.8 Å². The number of aromatic nitrogens is 1. The monoisotopic (exact) mass is 199 g/mol. The summed E-state index contributed by atoms with van der Waals surface area (Å²) in [5.41, 5.74) is 0.418. The van der Waals surface area contributed by atoms with Gasteiger partial charge in [-0.2, -0.15) is 5.26 Å². The Hall–Kier alpha value is -2.48. The molecule has 1 heterocycles. The normalized spacial score (nSPS) is 9.80. The van der Waals surface area contributed by atoms with Crippen molar-refractivity contribution in [2.45, 2.75) is 0 Å². The van der Waals surface area contributed by atoms with E-state index in [1.54, 1.807) is 6.07 Å². The number of nitro groups is 1. The number of fused-ring (bicyclic) bond motifs is 1. The van der Waals surface area contributed by atoms with Gasteiger partial charge in [0.25, 0.3) is 5.69 Å². The average Bonchev–Trinajstić information content (AvgIpc) is 2.27. The molecular weight excluding hydrogens is 194 g/mol. The fourth-order valence-electron chi connectivity index (χ4n) is 1.37. The maximum Gasteiger partial charge on any atom is 0.270 e. The van der Waals surface area contributed by atoms with Gasteiger partial charge in [-0.3, -0.25) is 15.1 Å². The molecule has 5 heteroatoms. The van der Waals surface area contributed by atoms with Crippen LogP contribution < -0.4 is 0 Å². The lowest BCUT2D eigenvalue weighted by Crippen LogP contribution is -1.89. The first kappa shape index (κ1) is 9.09. The van der Waals surface area contributed by atoms with Crippen LogP contribution in [0.4, 0.5) is 5.69 Å². The zero-order valence-corrected chi connectivity index (χ0v) is 7.54. The maximum absolute atomic E-state index is 10.5. The van der Waals surface area contributed by atoms with Gasteiger partial charge < -0.3 is 0 Å². The second-order valence-electron chi connectivity index (χ2n) is 2.96. The summed E-state index contributed by atoms with van der Waals surface area (Å²) in [6, 6.07) is 6.33. The first-order valence-corrected chi connectivity index (χ1v) is 4.14. The van der Waals surface area contributed by atoms with Crippen molar-refractivity contribution in [1.29, 1.82) is 5.26 Å². The number of nitriles is 1. The Morgan fingerprint density at radius 2 is 2.20 bits per heavy atom. The van der Waals surface area contributed by atoms with Crippen molar-refractivity contribution in [1.82, 2.24) is 4.98 Å². The average molecular weight is 199 g/mol. The van der Waals surface area contributed by atoms with Crippen LogP contribution in [0.2, 0.25) is 0 Å². The van der Waals surface area contributed by atoms with Crippen molar-refractivity contribution < 1.29 is 4.92 Å². The highest BCUT2D eigenvalue weighted by molar-refractivity contribution is 5.88. The van der Waals surface area contributed by atoms with E-state index in [9.17, 15) is 10.1 Å². The van der Waals surface area contributed by atoms with Gasteiger partial charge in [-0.25, -0.2) is 0 Å². The van der Waals surface area contributed by atoms with Crippen LogP contribution in [-0.2, 0) is 0 Å². The van der Waals surface area contributed by atoms with Gasteiger partial charge in [0, 0.05) is 35.3 Å². The summed E-state index contributed by atoms with van der Waals surface area (Å²) in [7, 11) is 0. The van der Waals surface area contributed by atoms with E-state index in [1.807, 2.05) is 6.07 Å². The fourth-order valence-corrected chi connectivity index (χ4v) is 1.37. The number of hydrogen-bond donors (Lipinski definition) is 0. The van der Waals surface area contributed by atoms with Crippen molar-refractivity contribution in [3.63, 3.8) is 0 Å². The summed E-state index contributed by atoms with van der Waals surface area (Å²) in [6.45, 7) is 0. The second-order valence-corrected chi connectivity index (χ2v) is 2.96. The molecular formula is C10H5N3O2. The van der Waals surface area contributed by atoms with Crippen LogP contribution in [0.25, 0.3) is 10.8 Å². The maximum atomic E-state index is 10.5. The molecule has 5 nitrogen and oxygen atoms in total. The highest BCUT2D eigenvalue weighted by atomic mass is 16.6. The van der Waals surface area contributed by atoms with Gasteiger partial charge in [0.05, 0.1) is 10.5 Å². The standard InChI is InChI=1S/C10H5N3O2/c11-4-8-6-12-5-7-3-9(13(14)15)1-2-10(7)8/h1-3,5-6H. The summed E-state index contributed by atoms with van der Waals surface area (Å²) < 4.78 is 0. The molecule has 0 bridgehead atoms. The van der Waals surface area contributed by atoms with Crippen LogP contribution >= 0.6 is 0 Å². The minimum atomic E-state index is -0.474. The summed E-state index contributed by atoms with van der Waals surface area (Å²) in [5, 5.41) is 20.6. The zero-order valence-electron chi connectivity index (χ0n) is 7.54. The molecule has 0 aliphatic heterocycles. The minimum Gasteiger partial charge on any atom is -0.263 e. The van der Waals surface area contributed by atoms with Crippen LogP contribution in [0.5, 0.6) is 0 Å². The molecule has 2 rings (SSSR count). The third kappa shape index (κ3) is 1.48. The summed E-state index contributed by atoms with van der Waals surface area (Å²) >= 11 is 0. The highest BCUT2D eigenvalue weighted by Gasteiger charge is 2.07. The minimum absolute atomic E-state index is 0.000565. The lowest BCUT2D eigenvalue weighted by Gasteiger charge is -1.98. The lowest BCUT2D eigenvalue weighted by atomic mass is 10.1. The van der Waals surface area contributed by atoms with Crippen molar-refractivity contribution in [3.8, 4) is 6.07 Å². The summed E-state index contributed by atoms with van der Waals surface area (Å²) in [6.07, 6.45) is 2.94. The molecule has 2 aromatic rings. The zero-order chi connectivity index (χ0) is 10.8. The third-order valence-corrected chi connectivity index (χ3v) is 2.07. The first-order valence-electron chi connectivity index (χ1n) is 4.14. The van der Waals surface area contributed by atoms with Gasteiger partial charge in [-0.15, -0.1) is 0 Å². The van der Waals surface area contributed by atoms with Gasteiger partial charge in [0.15, 0.2) is 0 Å². The molecule has 72 valence electrons. The number of pyridine rings is 1. The molecule has 15 heavy (non-hydrogen) atoms. The van der Waals surface area contributed by atoms with Crippen LogP contribution in [0.15, 0.2) is 30.6 Å². The summed E-state index contributed by atoms with van der Waals surface area (Å²) in [5.74, 6) is 0. The molecule has 0 spiro atoms. The number of nitro benzene ring substituents is 1. The molecule has 0 saturated heterocycles. The van der Waals surface area contributed by atoms with E-state index in [-0.39, 0.29) is 5.69 Å². The molecule has 0 atom stereocenters. The second kappa shape index (κ2) is 3.35. The molecule has 0 saturated carbocycles. The van der Waals surface area contributed by atoms with Crippen LogP contribution in [0, 0.1) is 21.4 Å². The van der Waals surface area contributed by atoms with Gasteiger partial charge in [-0.1, -0.05) is 0 Å². The van der Waals surface area contributed by atoms with E-state index in [1.165, 1.54) is 24.5 Å². The molecule has 0 aliphatic rings. The van der Waals surface area contributed by atoms with Gasteiger partial charge in [-0.05, 0) is 6.07 Å². The first-order chi connectivity index (χ1) is 7.22. The fraction of sp³-hybridized carbons (Fsp3) is 0. The van der Waals surface area contributed by atoms with Gasteiger partial charge in [0.1, 0.15) is 6.07 Å². The molecule has 0 N–H and O–H groups in total. The molecule has 1 aromatic carbocycles. The van der Waals surface area contributed by atoms with E-state index in [2.05, 4.69) is 4.98 Å². The Balaban J connectivity index is 2.76. The number of rotatable bonds is 1. The number of benzene rings is 1. The van der Waals surface area contributed by atoms with E-state index in [0.29, 0.717) is 16.3 Å². The van der Waals surface area contributed by atoms with Crippen LogP contribution in [0.3, 0.4) is 0 Å². The largest absolute Gasteiger partial charge is 0.270 e. The van der Waals surface area contributed by atoms with Crippen LogP contribution in [-0.4, -0.2) is 9.91 Å². The van der Waals surface area contributed by atoms with Crippen molar-refractivity contribution >= 4 is 16.5 Å². The highest BCUT2D eigenvalue weighted by Crippen LogP contribution is 2.22.